The minimum Gasteiger partial charge on any atom is -0.465 e. The fourth-order valence-electron chi connectivity index (χ4n) is 0.895. The minimum atomic E-state index is -3.27. The molecule has 1 atom stereocenters. The molecule has 0 aliphatic heterocycles. The normalized spacial score (nSPS) is 13.1. The molecule has 0 saturated heterocycles. The van der Waals surface area contributed by atoms with Crippen molar-refractivity contribution in [2.45, 2.75) is 17.9 Å². The summed E-state index contributed by atoms with van der Waals surface area (Å²) in [6, 6.07) is 2.72. The molecule has 1 unspecified atom stereocenters. The Balaban J connectivity index is 2.84. The Bertz CT molecular complexity index is 481. The molecule has 0 fully saturated rings. The third-order valence-electron chi connectivity index (χ3n) is 1.84. The molecule has 1 amide bonds. The van der Waals surface area contributed by atoms with Crippen LogP contribution in [0.4, 0.5) is 0 Å². The number of aromatic nitrogens is 1. The van der Waals surface area contributed by atoms with E-state index >= 15 is 0 Å². The summed E-state index contributed by atoms with van der Waals surface area (Å²) in [5.74, 6) is -0.465. The van der Waals surface area contributed by atoms with Crippen LogP contribution in [0.2, 0.25) is 0 Å². The van der Waals surface area contributed by atoms with Crippen LogP contribution in [0.5, 0.6) is 5.88 Å². The van der Waals surface area contributed by atoms with Gasteiger partial charge in [0.15, 0.2) is 15.9 Å². The lowest BCUT2D eigenvalue weighted by molar-refractivity contribution is -0.124. The molecule has 0 radical (unpaired) electrons. The lowest BCUT2D eigenvalue weighted by atomic mass is 10.4. The van der Waals surface area contributed by atoms with Crippen molar-refractivity contribution in [3.05, 3.63) is 18.3 Å². The number of hydrogen-bond acceptors (Lipinski definition) is 5. The molecule has 1 aromatic heterocycles. The van der Waals surface area contributed by atoms with Crippen molar-refractivity contribution in [2.75, 3.05) is 6.26 Å². The Kier molecular flexibility index (Phi) is 3.48. The number of pyridine rings is 1. The van der Waals surface area contributed by atoms with Crippen LogP contribution < -0.4 is 10.5 Å². The van der Waals surface area contributed by atoms with Gasteiger partial charge in [0.1, 0.15) is 0 Å². The lowest BCUT2D eigenvalue weighted by Gasteiger charge is -2.09. The maximum absolute atomic E-state index is 11.1. The van der Waals surface area contributed by atoms with Gasteiger partial charge in [-0.05, 0) is 13.0 Å². The van der Waals surface area contributed by atoms with Crippen molar-refractivity contribution in [3.63, 3.8) is 0 Å². The molecule has 88 valence electrons. The Morgan fingerprint density at radius 3 is 2.50 bits per heavy atom. The van der Waals surface area contributed by atoms with E-state index in [0.29, 0.717) is 0 Å². The van der Waals surface area contributed by atoms with E-state index in [1.54, 1.807) is 0 Å². The second kappa shape index (κ2) is 4.48. The van der Waals surface area contributed by atoms with E-state index in [-0.39, 0.29) is 10.8 Å². The Hall–Kier alpha value is -1.63. The van der Waals surface area contributed by atoms with Gasteiger partial charge in [-0.15, -0.1) is 0 Å². The number of carbonyl (C=O) groups is 1. The summed E-state index contributed by atoms with van der Waals surface area (Å²) in [5, 5.41) is 0. The zero-order valence-electron chi connectivity index (χ0n) is 8.88. The summed E-state index contributed by atoms with van der Waals surface area (Å²) in [5.41, 5.74) is 5.00. The van der Waals surface area contributed by atoms with Crippen LogP contribution in [0.15, 0.2) is 23.2 Å². The number of ether oxygens (including phenoxy) is 1. The van der Waals surface area contributed by atoms with Crippen LogP contribution in [0.1, 0.15) is 6.92 Å². The molecule has 1 heterocycles. The quantitative estimate of drug-likeness (QED) is 0.786. The van der Waals surface area contributed by atoms with Crippen LogP contribution in [0, 0.1) is 0 Å². The number of sulfone groups is 1. The van der Waals surface area contributed by atoms with E-state index < -0.39 is 21.8 Å². The molecule has 1 rings (SSSR count). The van der Waals surface area contributed by atoms with Gasteiger partial charge in [-0.25, -0.2) is 13.4 Å². The first-order chi connectivity index (χ1) is 7.30. The Morgan fingerprint density at radius 2 is 2.12 bits per heavy atom. The smallest absolute Gasteiger partial charge is 0.258 e. The van der Waals surface area contributed by atoms with Gasteiger partial charge in [-0.3, -0.25) is 4.79 Å². The van der Waals surface area contributed by atoms with Crippen molar-refractivity contribution in [1.29, 1.82) is 0 Å². The second-order valence-corrected chi connectivity index (χ2v) is 5.28. The highest BCUT2D eigenvalue weighted by Gasteiger charge is 2.12. The van der Waals surface area contributed by atoms with E-state index in [2.05, 4.69) is 4.98 Å². The number of nitrogens with zero attached hydrogens (tertiary/aromatic N) is 1. The van der Waals surface area contributed by atoms with E-state index in [4.69, 9.17) is 10.5 Å². The van der Waals surface area contributed by atoms with E-state index in [1.807, 2.05) is 0 Å². The summed E-state index contributed by atoms with van der Waals surface area (Å²) >= 11 is 0. The first-order valence-electron chi connectivity index (χ1n) is 4.43. The number of rotatable bonds is 4. The standard InChI is InChI=1S/C9H12N2O4S/c1-6(9(10)12)15-8-4-3-7(5-11-8)16(2,13)14/h3-6H,1-2H3,(H2,10,12). The number of hydrogen-bond donors (Lipinski definition) is 1. The van der Waals surface area contributed by atoms with Gasteiger partial charge >= 0.3 is 0 Å². The monoisotopic (exact) mass is 244 g/mol. The summed E-state index contributed by atoms with van der Waals surface area (Å²) in [7, 11) is -3.27. The van der Waals surface area contributed by atoms with Crippen molar-refractivity contribution in [2.24, 2.45) is 5.73 Å². The minimum absolute atomic E-state index is 0.0894. The van der Waals surface area contributed by atoms with Gasteiger partial charge in [0.25, 0.3) is 5.91 Å². The van der Waals surface area contributed by atoms with Gasteiger partial charge in [-0.2, -0.15) is 0 Å². The fraction of sp³-hybridized carbons (Fsp3) is 0.333. The number of primary amides is 1. The highest BCUT2D eigenvalue weighted by atomic mass is 32.2. The SMILES string of the molecule is CC(Oc1ccc(S(C)(=O)=O)cn1)C(N)=O. The molecule has 0 aromatic carbocycles. The van der Waals surface area contributed by atoms with E-state index in [9.17, 15) is 13.2 Å². The Labute approximate surface area is 93.4 Å². The van der Waals surface area contributed by atoms with Crippen molar-refractivity contribution in [3.8, 4) is 5.88 Å². The molecule has 0 aliphatic rings. The largest absolute Gasteiger partial charge is 0.465 e. The lowest BCUT2D eigenvalue weighted by Crippen LogP contribution is -2.30. The highest BCUT2D eigenvalue weighted by molar-refractivity contribution is 7.90. The zero-order valence-corrected chi connectivity index (χ0v) is 9.69. The summed E-state index contributed by atoms with van der Waals surface area (Å²) in [6.07, 6.45) is 1.44. The first-order valence-corrected chi connectivity index (χ1v) is 6.32. The van der Waals surface area contributed by atoms with Crippen LogP contribution in [-0.2, 0) is 14.6 Å². The van der Waals surface area contributed by atoms with Gasteiger partial charge < -0.3 is 10.5 Å². The first kappa shape index (κ1) is 12.4. The molecule has 6 nitrogen and oxygen atoms in total. The molecule has 7 heteroatoms. The van der Waals surface area contributed by atoms with Crippen LogP contribution in [0.25, 0.3) is 0 Å². The van der Waals surface area contributed by atoms with Crippen LogP contribution in [-0.4, -0.2) is 31.7 Å². The zero-order chi connectivity index (χ0) is 12.3. The number of carbonyl (C=O) groups excluding carboxylic acids is 1. The summed E-state index contributed by atoms with van der Waals surface area (Å²) in [6.45, 7) is 1.48. The third-order valence-corrected chi connectivity index (χ3v) is 2.93. The summed E-state index contributed by atoms with van der Waals surface area (Å²) < 4.78 is 27.3. The van der Waals surface area contributed by atoms with Crippen molar-refractivity contribution >= 4 is 15.7 Å². The van der Waals surface area contributed by atoms with E-state index in [1.165, 1.54) is 25.3 Å². The average molecular weight is 244 g/mol. The molecule has 1 aromatic rings. The molecule has 0 aliphatic carbocycles. The van der Waals surface area contributed by atoms with Crippen molar-refractivity contribution in [1.82, 2.24) is 4.98 Å². The third kappa shape index (κ3) is 3.20. The number of nitrogens with two attached hydrogens (primary N) is 1. The Morgan fingerprint density at radius 1 is 1.50 bits per heavy atom. The van der Waals surface area contributed by atoms with Gasteiger partial charge in [-0.1, -0.05) is 0 Å². The summed E-state index contributed by atoms with van der Waals surface area (Å²) in [4.78, 5) is 14.6. The predicted molar refractivity (Wildman–Crippen MR) is 56.6 cm³/mol. The molecular weight excluding hydrogens is 232 g/mol. The molecule has 16 heavy (non-hydrogen) atoms. The van der Waals surface area contributed by atoms with Crippen molar-refractivity contribution < 1.29 is 17.9 Å². The molecule has 2 N–H and O–H groups in total. The van der Waals surface area contributed by atoms with E-state index in [0.717, 1.165) is 6.26 Å². The highest BCUT2D eigenvalue weighted by Crippen LogP contribution is 2.13. The average Bonchev–Trinajstić information content (AvgIpc) is 2.17. The number of amides is 1. The maximum Gasteiger partial charge on any atom is 0.258 e. The topological polar surface area (TPSA) is 99.3 Å². The maximum atomic E-state index is 11.1. The predicted octanol–water partition coefficient (Wildman–Crippen LogP) is -0.262. The molecule has 0 saturated carbocycles. The van der Waals surface area contributed by atoms with Crippen LogP contribution in [0.3, 0.4) is 0 Å². The van der Waals surface area contributed by atoms with Crippen LogP contribution >= 0.6 is 0 Å². The second-order valence-electron chi connectivity index (χ2n) is 3.27. The molecular formula is C9H12N2O4S. The van der Waals surface area contributed by atoms with Gasteiger partial charge in [0.05, 0.1) is 4.90 Å². The molecule has 0 spiro atoms. The molecule has 0 bridgehead atoms. The van der Waals surface area contributed by atoms with Gasteiger partial charge in [0.2, 0.25) is 5.88 Å². The fourth-order valence-corrected chi connectivity index (χ4v) is 1.45. The van der Waals surface area contributed by atoms with Gasteiger partial charge in [0, 0.05) is 18.5 Å².